The lowest BCUT2D eigenvalue weighted by molar-refractivity contribution is -0.130. The molecule has 1 saturated carbocycles. The molecule has 3 nitrogen and oxygen atoms in total. The van der Waals surface area contributed by atoms with Crippen molar-refractivity contribution in [3.63, 3.8) is 0 Å². The van der Waals surface area contributed by atoms with Crippen LogP contribution in [0, 0.1) is 5.92 Å². The van der Waals surface area contributed by atoms with Crippen molar-refractivity contribution in [3.05, 3.63) is 22.4 Å². The van der Waals surface area contributed by atoms with Crippen LogP contribution in [-0.2, 0) is 4.79 Å². The van der Waals surface area contributed by atoms with Crippen LogP contribution in [0.2, 0.25) is 0 Å². The Kier molecular flexibility index (Phi) is 3.54. The summed E-state index contributed by atoms with van der Waals surface area (Å²) in [6.07, 6.45) is 2.69. The molecule has 0 radical (unpaired) electrons. The molecule has 94 valence electrons. The van der Waals surface area contributed by atoms with E-state index in [9.17, 15) is 4.79 Å². The summed E-state index contributed by atoms with van der Waals surface area (Å²) in [5.74, 6) is 0.386. The highest BCUT2D eigenvalue weighted by Crippen LogP contribution is 2.32. The summed E-state index contributed by atoms with van der Waals surface area (Å²) < 4.78 is 0. The van der Waals surface area contributed by atoms with Crippen LogP contribution in [0.4, 0.5) is 0 Å². The third kappa shape index (κ3) is 2.53. The largest absolute Gasteiger partial charge is 0.347 e. The molecule has 0 spiro atoms. The van der Waals surface area contributed by atoms with Crippen molar-refractivity contribution < 1.29 is 4.79 Å². The number of rotatable bonds is 4. The van der Waals surface area contributed by atoms with Crippen molar-refractivity contribution in [1.29, 1.82) is 0 Å². The molecule has 1 amide bonds. The minimum absolute atomic E-state index is 0.0100. The predicted octanol–water partition coefficient (Wildman–Crippen LogP) is 2.44. The Morgan fingerprint density at radius 1 is 1.53 bits per heavy atom. The molecule has 1 aliphatic carbocycles. The molecule has 1 unspecified atom stereocenters. The van der Waals surface area contributed by atoms with Crippen LogP contribution in [-0.4, -0.2) is 11.4 Å². The maximum Gasteiger partial charge on any atom is 0.240 e. The monoisotopic (exact) mass is 252 g/mol. The minimum Gasteiger partial charge on any atom is -0.347 e. The van der Waals surface area contributed by atoms with Gasteiger partial charge in [-0.25, -0.2) is 0 Å². The van der Waals surface area contributed by atoms with E-state index < -0.39 is 5.54 Å². The van der Waals surface area contributed by atoms with Gasteiger partial charge in [-0.2, -0.15) is 0 Å². The Morgan fingerprint density at radius 2 is 2.24 bits per heavy atom. The van der Waals surface area contributed by atoms with E-state index in [1.165, 1.54) is 4.88 Å². The Hall–Kier alpha value is -0.870. The minimum atomic E-state index is -0.607. The number of nitrogens with one attached hydrogen (secondary N) is 1. The van der Waals surface area contributed by atoms with Crippen molar-refractivity contribution >= 4 is 17.2 Å². The van der Waals surface area contributed by atoms with Gasteiger partial charge in [0.15, 0.2) is 0 Å². The molecule has 0 aromatic carbocycles. The molecular weight excluding hydrogens is 232 g/mol. The molecule has 1 heterocycles. The van der Waals surface area contributed by atoms with Crippen LogP contribution in [0.25, 0.3) is 0 Å². The Balaban J connectivity index is 2.06. The fourth-order valence-electron chi connectivity index (χ4n) is 2.10. The number of nitrogens with two attached hydrogens (primary N) is 1. The fraction of sp³-hybridized carbons (Fsp3) is 0.615. The smallest absolute Gasteiger partial charge is 0.240 e. The molecule has 1 fully saturated rings. The van der Waals surface area contributed by atoms with Crippen LogP contribution in [0.5, 0.6) is 0 Å². The predicted molar refractivity (Wildman–Crippen MR) is 70.8 cm³/mol. The highest BCUT2D eigenvalue weighted by atomic mass is 32.1. The first-order valence-electron chi connectivity index (χ1n) is 6.16. The first-order chi connectivity index (χ1) is 8.03. The summed E-state index contributed by atoms with van der Waals surface area (Å²) in [4.78, 5) is 13.3. The molecule has 0 saturated heterocycles. The summed E-state index contributed by atoms with van der Waals surface area (Å²) in [7, 11) is 0. The van der Waals surface area contributed by atoms with Crippen LogP contribution in [0.1, 0.15) is 44.0 Å². The lowest BCUT2D eigenvalue weighted by atomic mass is 9.76. The molecule has 17 heavy (non-hydrogen) atoms. The highest BCUT2D eigenvalue weighted by Gasteiger charge is 2.41. The topological polar surface area (TPSA) is 55.1 Å². The van der Waals surface area contributed by atoms with E-state index in [0.29, 0.717) is 5.92 Å². The molecule has 1 aliphatic rings. The van der Waals surface area contributed by atoms with Crippen molar-refractivity contribution in [3.8, 4) is 0 Å². The quantitative estimate of drug-likeness (QED) is 0.864. The zero-order valence-corrected chi connectivity index (χ0v) is 11.2. The van der Waals surface area contributed by atoms with Crippen LogP contribution in [0.3, 0.4) is 0 Å². The van der Waals surface area contributed by atoms with Crippen molar-refractivity contribution in [2.75, 3.05) is 0 Å². The molecule has 0 aliphatic heterocycles. The molecule has 2 rings (SSSR count). The first kappa shape index (κ1) is 12.6. The molecule has 3 N–H and O–H groups in total. The average Bonchev–Trinajstić information content (AvgIpc) is 2.74. The summed E-state index contributed by atoms with van der Waals surface area (Å²) in [5.41, 5.74) is 5.43. The number of carbonyl (C=O) groups is 1. The number of hydrogen-bond donors (Lipinski definition) is 2. The fourth-order valence-corrected chi connectivity index (χ4v) is 3.05. The van der Waals surface area contributed by atoms with Crippen LogP contribution < -0.4 is 11.1 Å². The van der Waals surface area contributed by atoms with E-state index in [1.54, 1.807) is 11.3 Å². The second kappa shape index (κ2) is 4.78. The van der Waals surface area contributed by atoms with Crippen molar-refractivity contribution in [2.45, 2.75) is 44.7 Å². The van der Waals surface area contributed by atoms with Crippen LogP contribution in [0.15, 0.2) is 17.5 Å². The van der Waals surface area contributed by atoms with Gasteiger partial charge in [0.1, 0.15) is 0 Å². The normalized spacial score (nSPS) is 19.8. The van der Waals surface area contributed by atoms with Gasteiger partial charge >= 0.3 is 0 Å². The van der Waals surface area contributed by atoms with Gasteiger partial charge in [-0.05, 0) is 36.6 Å². The number of amides is 1. The standard InChI is InChI=1S/C13H20N2OS/c1-9(2)11(10-5-3-8-17-10)15-12(16)13(14)6-4-7-13/h3,5,8-9,11H,4,6-7,14H2,1-2H3,(H,15,16). The molecule has 1 aromatic rings. The molecule has 0 bridgehead atoms. The van der Waals surface area contributed by atoms with E-state index in [4.69, 9.17) is 5.73 Å². The summed E-state index contributed by atoms with van der Waals surface area (Å²) in [6, 6.07) is 4.17. The van der Waals surface area contributed by atoms with Crippen LogP contribution >= 0.6 is 11.3 Å². The van der Waals surface area contributed by atoms with Gasteiger partial charge in [-0.15, -0.1) is 11.3 Å². The molecule has 4 heteroatoms. The van der Waals surface area contributed by atoms with Gasteiger partial charge in [0.2, 0.25) is 5.91 Å². The Labute approximate surface area is 106 Å². The maximum absolute atomic E-state index is 12.1. The van der Waals surface area contributed by atoms with Gasteiger partial charge in [-0.1, -0.05) is 19.9 Å². The zero-order valence-electron chi connectivity index (χ0n) is 10.4. The molecule has 1 atom stereocenters. The second-order valence-electron chi connectivity index (χ2n) is 5.22. The van der Waals surface area contributed by atoms with Gasteiger partial charge < -0.3 is 11.1 Å². The van der Waals surface area contributed by atoms with E-state index in [-0.39, 0.29) is 11.9 Å². The Bertz CT molecular complexity index is 382. The van der Waals surface area contributed by atoms with Gasteiger partial charge in [0.05, 0.1) is 11.6 Å². The van der Waals surface area contributed by atoms with Crippen molar-refractivity contribution in [1.82, 2.24) is 5.32 Å². The third-order valence-corrected chi connectivity index (χ3v) is 4.46. The highest BCUT2D eigenvalue weighted by molar-refractivity contribution is 7.10. The van der Waals surface area contributed by atoms with E-state index >= 15 is 0 Å². The number of hydrogen-bond acceptors (Lipinski definition) is 3. The average molecular weight is 252 g/mol. The number of thiophene rings is 1. The zero-order chi connectivity index (χ0) is 12.5. The second-order valence-corrected chi connectivity index (χ2v) is 6.20. The maximum atomic E-state index is 12.1. The van der Waals surface area contributed by atoms with E-state index in [1.807, 2.05) is 11.4 Å². The van der Waals surface area contributed by atoms with Gasteiger partial charge in [-0.3, -0.25) is 4.79 Å². The van der Waals surface area contributed by atoms with E-state index in [2.05, 4.69) is 25.2 Å². The first-order valence-corrected chi connectivity index (χ1v) is 7.04. The van der Waals surface area contributed by atoms with Gasteiger partial charge in [0, 0.05) is 4.88 Å². The van der Waals surface area contributed by atoms with Crippen molar-refractivity contribution in [2.24, 2.45) is 11.7 Å². The van der Waals surface area contributed by atoms with E-state index in [0.717, 1.165) is 19.3 Å². The third-order valence-electron chi connectivity index (χ3n) is 3.50. The lowest BCUT2D eigenvalue weighted by Gasteiger charge is -2.38. The SMILES string of the molecule is CC(C)C(NC(=O)C1(N)CCC1)c1cccs1. The summed E-state index contributed by atoms with van der Waals surface area (Å²) in [6.45, 7) is 4.24. The Morgan fingerprint density at radius 3 is 2.65 bits per heavy atom. The molecular formula is C13H20N2OS. The molecule has 1 aromatic heterocycles. The lowest BCUT2D eigenvalue weighted by Crippen LogP contribution is -2.59. The summed E-state index contributed by atoms with van der Waals surface area (Å²) >= 11 is 1.68. The summed E-state index contributed by atoms with van der Waals surface area (Å²) in [5, 5.41) is 5.15. The number of carbonyl (C=O) groups excluding carboxylic acids is 1. The van der Waals surface area contributed by atoms with Gasteiger partial charge in [0.25, 0.3) is 0 Å².